The molecule has 2 aliphatic rings. The molecule has 16 heavy (non-hydrogen) atoms. The van der Waals surface area contributed by atoms with Crippen molar-refractivity contribution in [2.75, 3.05) is 5.73 Å². The standard InChI is InChI=1S/C13H13NO2/c14-8-5-6-12-11(7-8)9-3-1-2-4-10(9)13(15)16-12/h1,3,5-7,13,15H,2,4,14H2. The Labute approximate surface area is 93.8 Å². The maximum Gasteiger partial charge on any atom is 0.221 e. The fourth-order valence-electron chi connectivity index (χ4n) is 2.25. The van der Waals surface area contributed by atoms with E-state index in [0.717, 1.165) is 29.6 Å². The van der Waals surface area contributed by atoms with Crippen LogP contribution in [0.3, 0.4) is 0 Å². The van der Waals surface area contributed by atoms with Crippen LogP contribution in [-0.4, -0.2) is 11.4 Å². The summed E-state index contributed by atoms with van der Waals surface area (Å²) in [7, 11) is 0. The average Bonchev–Trinajstić information content (AvgIpc) is 2.31. The molecule has 3 nitrogen and oxygen atoms in total. The summed E-state index contributed by atoms with van der Waals surface area (Å²) in [6, 6.07) is 5.48. The molecule has 1 aromatic carbocycles. The van der Waals surface area contributed by atoms with E-state index in [1.165, 1.54) is 0 Å². The molecule has 0 aromatic heterocycles. The molecule has 3 heteroatoms. The summed E-state index contributed by atoms with van der Waals surface area (Å²) in [5.74, 6) is 0.701. The largest absolute Gasteiger partial charge is 0.460 e. The smallest absolute Gasteiger partial charge is 0.221 e. The zero-order valence-corrected chi connectivity index (χ0v) is 8.81. The lowest BCUT2D eigenvalue weighted by molar-refractivity contribution is 0.00967. The Morgan fingerprint density at radius 3 is 3.12 bits per heavy atom. The summed E-state index contributed by atoms with van der Waals surface area (Å²) in [6.07, 6.45) is 5.15. The van der Waals surface area contributed by atoms with Gasteiger partial charge in [-0.2, -0.15) is 0 Å². The van der Waals surface area contributed by atoms with E-state index in [9.17, 15) is 5.11 Å². The van der Waals surface area contributed by atoms with Crippen molar-refractivity contribution < 1.29 is 9.84 Å². The molecule has 1 unspecified atom stereocenters. The van der Waals surface area contributed by atoms with E-state index < -0.39 is 6.29 Å². The molecule has 3 rings (SSSR count). The van der Waals surface area contributed by atoms with E-state index in [4.69, 9.17) is 10.5 Å². The number of rotatable bonds is 0. The number of aliphatic hydroxyl groups excluding tert-OH is 1. The maximum absolute atomic E-state index is 9.88. The van der Waals surface area contributed by atoms with E-state index in [0.29, 0.717) is 11.4 Å². The third kappa shape index (κ3) is 1.32. The van der Waals surface area contributed by atoms with E-state index in [1.54, 1.807) is 12.1 Å². The van der Waals surface area contributed by atoms with Crippen LogP contribution in [0.2, 0.25) is 0 Å². The second kappa shape index (κ2) is 3.39. The van der Waals surface area contributed by atoms with Crippen LogP contribution in [-0.2, 0) is 0 Å². The summed E-state index contributed by atoms with van der Waals surface area (Å²) < 4.78 is 5.46. The van der Waals surface area contributed by atoms with Gasteiger partial charge in [0.1, 0.15) is 5.75 Å². The highest BCUT2D eigenvalue weighted by Crippen LogP contribution is 2.40. The number of hydrogen-bond acceptors (Lipinski definition) is 3. The molecule has 0 saturated carbocycles. The third-order valence-electron chi connectivity index (χ3n) is 3.04. The van der Waals surface area contributed by atoms with Crippen LogP contribution in [0.4, 0.5) is 5.69 Å². The first-order valence-electron chi connectivity index (χ1n) is 5.40. The van der Waals surface area contributed by atoms with Crippen LogP contribution in [0, 0.1) is 0 Å². The van der Waals surface area contributed by atoms with E-state index in [-0.39, 0.29) is 0 Å². The number of nitrogens with two attached hydrogens (primary N) is 1. The maximum atomic E-state index is 9.88. The minimum atomic E-state index is -0.809. The minimum absolute atomic E-state index is 0.701. The zero-order valence-electron chi connectivity index (χ0n) is 8.81. The average molecular weight is 215 g/mol. The monoisotopic (exact) mass is 215 g/mol. The van der Waals surface area contributed by atoms with Crippen molar-refractivity contribution in [2.24, 2.45) is 0 Å². The highest BCUT2D eigenvalue weighted by molar-refractivity contribution is 5.84. The molecular weight excluding hydrogens is 202 g/mol. The molecule has 1 atom stereocenters. The molecule has 82 valence electrons. The van der Waals surface area contributed by atoms with Crippen LogP contribution < -0.4 is 10.5 Å². The van der Waals surface area contributed by atoms with Crippen LogP contribution in [0.5, 0.6) is 5.75 Å². The lowest BCUT2D eigenvalue weighted by atomic mass is 9.89. The molecule has 1 aromatic rings. The van der Waals surface area contributed by atoms with E-state index >= 15 is 0 Å². The predicted molar refractivity (Wildman–Crippen MR) is 62.8 cm³/mol. The van der Waals surface area contributed by atoms with Gasteiger partial charge in [0.2, 0.25) is 6.29 Å². The van der Waals surface area contributed by atoms with Gasteiger partial charge in [0.25, 0.3) is 0 Å². The molecule has 0 bridgehead atoms. The molecule has 3 N–H and O–H groups in total. The van der Waals surface area contributed by atoms with E-state index in [2.05, 4.69) is 6.08 Å². The summed E-state index contributed by atoms with van der Waals surface area (Å²) >= 11 is 0. The summed E-state index contributed by atoms with van der Waals surface area (Å²) in [5, 5.41) is 9.88. The third-order valence-corrected chi connectivity index (χ3v) is 3.04. The van der Waals surface area contributed by atoms with Gasteiger partial charge < -0.3 is 15.6 Å². The molecule has 1 heterocycles. The first kappa shape index (κ1) is 9.48. The number of anilines is 1. The van der Waals surface area contributed by atoms with Crippen LogP contribution >= 0.6 is 0 Å². The number of hydrogen-bond donors (Lipinski definition) is 2. The van der Waals surface area contributed by atoms with Gasteiger partial charge in [-0.3, -0.25) is 0 Å². The molecule has 0 radical (unpaired) electrons. The summed E-state index contributed by atoms with van der Waals surface area (Å²) in [6.45, 7) is 0. The normalized spacial score (nSPS) is 22.4. The molecule has 0 spiro atoms. The summed E-state index contributed by atoms with van der Waals surface area (Å²) in [4.78, 5) is 0. The number of nitrogen functional groups attached to an aromatic ring is 1. The highest BCUT2D eigenvalue weighted by Gasteiger charge is 2.26. The summed E-state index contributed by atoms with van der Waals surface area (Å²) in [5.41, 5.74) is 9.49. The second-order valence-electron chi connectivity index (χ2n) is 4.11. The van der Waals surface area contributed by atoms with Crippen molar-refractivity contribution in [2.45, 2.75) is 19.1 Å². The van der Waals surface area contributed by atoms with Gasteiger partial charge in [0.15, 0.2) is 0 Å². The lowest BCUT2D eigenvalue weighted by Gasteiger charge is -2.28. The number of ether oxygens (including phenoxy) is 1. The van der Waals surface area contributed by atoms with Crippen molar-refractivity contribution in [3.05, 3.63) is 41.5 Å². The fraction of sp³-hybridized carbons (Fsp3) is 0.231. The zero-order chi connectivity index (χ0) is 11.1. The van der Waals surface area contributed by atoms with Gasteiger partial charge in [0, 0.05) is 16.8 Å². The Morgan fingerprint density at radius 1 is 1.38 bits per heavy atom. The lowest BCUT2D eigenvalue weighted by Crippen LogP contribution is -2.24. The molecule has 1 aliphatic carbocycles. The van der Waals surface area contributed by atoms with E-state index in [1.807, 2.05) is 12.1 Å². The van der Waals surface area contributed by atoms with Crippen LogP contribution in [0.25, 0.3) is 5.57 Å². The van der Waals surface area contributed by atoms with Gasteiger partial charge >= 0.3 is 0 Å². The topological polar surface area (TPSA) is 55.5 Å². The van der Waals surface area contributed by atoms with Crippen LogP contribution in [0.15, 0.2) is 35.9 Å². The Hall–Kier alpha value is -1.74. The molecule has 0 fully saturated rings. The van der Waals surface area contributed by atoms with Gasteiger partial charge in [-0.1, -0.05) is 12.2 Å². The Balaban J connectivity index is 2.21. The quantitative estimate of drug-likeness (QED) is 0.651. The Bertz CT molecular complexity index is 503. The second-order valence-corrected chi connectivity index (χ2v) is 4.11. The number of aliphatic hydroxyl groups is 1. The van der Waals surface area contributed by atoms with Crippen molar-refractivity contribution in [1.29, 1.82) is 0 Å². The van der Waals surface area contributed by atoms with Gasteiger partial charge in [-0.15, -0.1) is 0 Å². The van der Waals surface area contributed by atoms with Crippen molar-refractivity contribution in [1.82, 2.24) is 0 Å². The van der Waals surface area contributed by atoms with Gasteiger partial charge in [0.05, 0.1) is 0 Å². The number of allylic oxidation sites excluding steroid dienone is 3. The first-order chi connectivity index (χ1) is 7.75. The van der Waals surface area contributed by atoms with Crippen molar-refractivity contribution in [3.8, 4) is 5.75 Å². The Kier molecular flexibility index (Phi) is 2.01. The SMILES string of the molecule is Nc1ccc2c(c1)C1=C(CCC=C1)C(O)O2. The van der Waals surface area contributed by atoms with Crippen molar-refractivity contribution >= 4 is 11.3 Å². The molecule has 0 amide bonds. The molecule has 0 saturated heterocycles. The molecular formula is C13H13NO2. The number of benzene rings is 1. The van der Waals surface area contributed by atoms with Gasteiger partial charge in [-0.25, -0.2) is 0 Å². The van der Waals surface area contributed by atoms with Crippen molar-refractivity contribution in [3.63, 3.8) is 0 Å². The first-order valence-corrected chi connectivity index (χ1v) is 5.40. The fourth-order valence-corrected chi connectivity index (χ4v) is 2.25. The number of fused-ring (bicyclic) bond motifs is 2. The molecule has 1 aliphatic heterocycles. The highest BCUT2D eigenvalue weighted by atomic mass is 16.6. The Morgan fingerprint density at radius 2 is 2.25 bits per heavy atom. The minimum Gasteiger partial charge on any atom is -0.460 e. The predicted octanol–water partition coefficient (Wildman–Crippen LogP) is 2.08. The van der Waals surface area contributed by atoms with Gasteiger partial charge in [-0.05, 0) is 36.6 Å². The van der Waals surface area contributed by atoms with Crippen LogP contribution in [0.1, 0.15) is 18.4 Å².